The van der Waals surface area contributed by atoms with Crippen LogP contribution in [0.15, 0.2) is 28.8 Å². The Labute approximate surface area is 104 Å². The Morgan fingerprint density at radius 1 is 1.44 bits per heavy atom. The van der Waals surface area contributed by atoms with Gasteiger partial charge in [-0.2, -0.15) is 4.98 Å². The number of hydrogen-bond acceptors (Lipinski definition) is 5. The van der Waals surface area contributed by atoms with Gasteiger partial charge in [-0.15, -0.1) is 0 Å². The molecule has 6 nitrogen and oxygen atoms in total. The first kappa shape index (κ1) is 12.1. The van der Waals surface area contributed by atoms with Gasteiger partial charge in [0.2, 0.25) is 5.89 Å². The number of methoxy groups -OCH3 is 1. The number of rotatable bonds is 4. The van der Waals surface area contributed by atoms with Crippen molar-refractivity contribution >= 4 is 5.91 Å². The molecule has 2 aromatic rings. The molecule has 1 aromatic heterocycles. The van der Waals surface area contributed by atoms with Gasteiger partial charge in [0, 0.05) is 0 Å². The van der Waals surface area contributed by atoms with E-state index in [1.54, 1.807) is 31.2 Å². The van der Waals surface area contributed by atoms with Gasteiger partial charge in [-0.05, 0) is 19.1 Å². The maximum Gasteiger partial charge on any atom is 0.255 e. The molecule has 0 saturated heterocycles. The molecule has 0 atom stereocenters. The number of carbonyl (C=O) groups is 1. The van der Waals surface area contributed by atoms with E-state index in [1.807, 2.05) is 0 Å². The van der Waals surface area contributed by atoms with Crippen LogP contribution in [0.4, 0.5) is 0 Å². The summed E-state index contributed by atoms with van der Waals surface area (Å²) in [5, 5.41) is 6.33. The van der Waals surface area contributed by atoms with Crippen LogP contribution < -0.4 is 10.1 Å². The van der Waals surface area contributed by atoms with Gasteiger partial charge in [-0.25, -0.2) is 0 Å². The first-order valence-corrected chi connectivity index (χ1v) is 5.41. The third-order valence-electron chi connectivity index (χ3n) is 2.32. The fraction of sp³-hybridized carbons (Fsp3) is 0.250. The first-order valence-electron chi connectivity index (χ1n) is 5.41. The second kappa shape index (κ2) is 5.31. The first-order chi connectivity index (χ1) is 8.70. The van der Waals surface area contributed by atoms with Gasteiger partial charge in [-0.3, -0.25) is 4.79 Å². The van der Waals surface area contributed by atoms with Crippen LogP contribution in [0, 0.1) is 6.92 Å². The second-order valence-corrected chi connectivity index (χ2v) is 3.62. The molecule has 6 heteroatoms. The van der Waals surface area contributed by atoms with Crippen LogP contribution in [0.3, 0.4) is 0 Å². The predicted molar refractivity (Wildman–Crippen MR) is 63.2 cm³/mol. The smallest absolute Gasteiger partial charge is 0.255 e. The van der Waals surface area contributed by atoms with Gasteiger partial charge in [-0.1, -0.05) is 17.3 Å². The van der Waals surface area contributed by atoms with Crippen molar-refractivity contribution in [1.29, 1.82) is 0 Å². The van der Waals surface area contributed by atoms with Crippen molar-refractivity contribution in [3.63, 3.8) is 0 Å². The molecule has 2 rings (SSSR count). The van der Waals surface area contributed by atoms with Crippen molar-refractivity contribution in [2.24, 2.45) is 0 Å². The lowest BCUT2D eigenvalue weighted by Gasteiger charge is -2.07. The third-order valence-corrected chi connectivity index (χ3v) is 2.32. The normalized spacial score (nSPS) is 10.1. The molecule has 0 fully saturated rings. The summed E-state index contributed by atoms with van der Waals surface area (Å²) in [6.07, 6.45) is 0. The van der Waals surface area contributed by atoms with E-state index in [0.29, 0.717) is 23.0 Å². The monoisotopic (exact) mass is 247 g/mol. The Morgan fingerprint density at radius 3 is 2.89 bits per heavy atom. The van der Waals surface area contributed by atoms with Crippen molar-refractivity contribution in [1.82, 2.24) is 15.5 Å². The summed E-state index contributed by atoms with van der Waals surface area (Å²) >= 11 is 0. The lowest BCUT2D eigenvalue weighted by Crippen LogP contribution is -2.23. The van der Waals surface area contributed by atoms with Gasteiger partial charge in [0.1, 0.15) is 5.75 Å². The summed E-state index contributed by atoms with van der Waals surface area (Å²) in [6, 6.07) is 6.99. The van der Waals surface area contributed by atoms with Crippen LogP contribution >= 0.6 is 0 Å². The van der Waals surface area contributed by atoms with Gasteiger partial charge in [0.05, 0.1) is 19.2 Å². The van der Waals surface area contributed by atoms with Crippen molar-refractivity contribution < 1.29 is 14.1 Å². The molecule has 1 heterocycles. The van der Waals surface area contributed by atoms with E-state index in [4.69, 9.17) is 9.26 Å². The Morgan fingerprint density at radius 2 is 2.22 bits per heavy atom. The van der Waals surface area contributed by atoms with E-state index < -0.39 is 0 Å². The van der Waals surface area contributed by atoms with Gasteiger partial charge in [0.25, 0.3) is 5.91 Å². The molecule has 0 spiro atoms. The average Bonchev–Trinajstić information content (AvgIpc) is 2.81. The van der Waals surface area contributed by atoms with E-state index in [1.165, 1.54) is 7.11 Å². The fourth-order valence-electron chi connectivity index (χ4n) is 1.50. The highest BCUT2D eigenvalue weighted by Gasteiger charge is 2.12. The van der Waals surface area contributed by atoms with Crippen LogP contribution in [0.2, 0.25) is 0 Å². The predicted octanol–water partition coefficient (Wildman–Crippen LogP) is 1.32. The SMILES string of the molecule is COc1ccccc1C(=O)NCc1nc(C)no1. The Balaban J connectivity index is 2.03. The largest absolute Gasteiger partial charge is 0.496 e. The molecule has 18 heavy (non-hydrogen) atoms. The van der Waals surface area contributed by atoms with Crippen LogP contribution in [0.25, 0.3) is 0 Å². The molecule has 1 N–H and O–H groups in total. The zero-order valence-electron chi connectivity index (χ0n) is 10.1. The molecular weight excluding hydrogens is 234 g/mol. The number of nitrogens with one attached hydrogen (secondary N) is 1. The number of nitrogens with zero attached hydrogens (tertiary/aromatic N) is 2. The van der Waals surface area contributed by atoms with Crippen LogP contribution in [-0.2, 0) is 6.54 Å². The highest BCUT2D eigenvalue weighted by Crippen LogP contribution is 2.16. The van der Waals surface area contributed by atoms with Crippen LogP contribution in [0.5, 0.6) is 5.75 Å². The van der Waals surface area contributed by atoms with Crippen molar-refractivity contribution in [3.8, 4) is 5.75 Å². The zero-order chi connectivity index (χ0) is 13.0. The zero-order valence-corrected chi connectivity index (χ0v) is 10.1. The number of ether oxygens (including phenoxy) is 1. The Bertz CT molecular complexity index is 551. The van der Waals surface area contributed by atoms with Crippen molar-refractivity contribution in [2.45, 2.75) is 13.5 Å². The Hall–Kier alpha value is -2.37. The molecule has 94 valence electrons. The molecule has 0 aliphatic heterocycles. The molecule has 0 aliphatic carbocycles. The van der Waals surface area contributed by atoms with E-state index in [-0.39, 0.29) is 12.5 Å². The van der Waals surface area contributed by atoms with Gasteiger partial charge in [0.15, 0.2) is 5.82 Å². The van der Waals surface area contributed by atoms with E-state index >= 15 is 0 Å². The summed E-state index contributed by atoms with van der Waals surface area (Å²) in [5.41, 5.74) is 0.469. The molecule has 1 aromatic carbocycles. The summed E-state index contributed by atoms with van der Waals surface area (Å²) in [6.45, 7) is 1.91. The van der Waals surface area contributed by atoms with Crippen LogP contribution in [0.1, 0.15) is 22.1 Å². The average molecular weight is 247 g/mol. The number of carbonyl (C=O) groups excluding carboxylic acids is 1. The highest BCUT2D eigenvalue weighted by atomic mass is 16.5. The minimum absolute atomic E-state index is 0.192. The molecule has 0 radical (unpaired) electrons. The topological polar surface area (TPSA) is 77.2 Å². The number of para-hydroxylation sites is 1. The minimum Gasteiger partial charge on any atom is -0.496 e. The lowest BCUT2D eigenvalue weighted by molar-refractivity contribution is 0.0943. The number of aromatic nitrogens is 2. The molecule has 0 aliphatic rings. The number of aryl methyl sites for hydroxylation is 1. The quantitative estimate of drug-likeness (QED) is 0.881. The number of benzene rings is 1. The number of amides is 1. The maximum atomic E-state index is 11.9. The van der Waals surface area contributed by atoms with E-state index in [9.17, 15) is 4.79 Å². The summed E-state index contributed by atoms with van der Waals surface area (Å²) < 4.78 is 10.0. The van der Waals surface area contributed by atoms with E-state index in [2.05, 4.69) is 15.5 Å². The summed E-state index contributed by atoms with van der Waals surface area (Å²) in [7, 11) is 1.52. The second-order valence-electron chi connectivity index (χ2n) is 3.62. The minimum atomic E-state index is -0.247. The molecule has 0 saturated carbocycles. The maximum absolute atomic E-state index is 11.9. The highest BCUT2D eigenvalue weighted by molar-refractivity contribution is 5.96. The third kappa shape index (κ3) is 2.65. The Kier molecular flexibility index (Phi) is 3.57. The van der Waals surface area contributed by atoms with Crippen LogP contribution in [-0.4, -0.2) is 23.2 Å². The molecular formula is C12H13N3O3. The summed E-state index contributed by atoms with van der Waals surface area (Å²) in [5.74, 6) is 1.19. The van der Waals surface area contributed by atoms with E-state index in [0.717, 1.165) is 0 Å². The lowest BCUT2D eigenvalue weighted by atomic mass is 10.2. The standard InChI is InChI=1S/C12H13N3O3/c1-8-14-11(18-15-8)7-13-12(16)9-5-3-4-6-10(9)17-2/h3-6H,7H2,1-2H3,(H,13,16). The summed E-state index contributed by atoms with van der Waals surface area (Å²) in [4.78, 5) is 15.9. The van der Waals surface area contributed by atoms with Crippen molar-refractivity contribution in [2.75, 3.05) is 7.11 Å². The van der Waals surface area contributed by atoms with Crippen molar-refractivity contribution in [3.05, 3.63) is 41.5 Å². The number of hydrogen-bond donors (Lipinski definition) is 1. The van der Waals surface area contributed by atoms with Gasteiger partial charge < -0.3 is 14.6 Å². The molecule has 0 unspecified atom stereocenters. The van der Waals surface area contributed by atoms with Gasteiger partial charge >= 0.3 is 0 Å². The fourth-order valence-corrected chi connectivity index (χ4v) is 1.50. The molecule has 0 bridgehead atoms. The molecule has 1 amide bonds.